The Hall–Kier alpha value is -1.77. The zero-order valence-electron chi connectivity index (χ0n) is 16.3. The number of nitrogens with zero attached hydrogens (tertiary/aromatic N) is 4. The summed E-state index contributed by atoms with van der Waals surface area (Å²) in [7, 11) is 1.84. The summed E-state index contributed by atoms with van der Waals surface area (Å²) in [6.45, 7) is 7.67. The van der Waals surface area contributed by atoms with Crippen LogP contribution in [-0.2, 0) is 0 Å². The Balaban J connectivity index is 0.00000261. The molecule has 27 heavy (non-hydrogen) atoms. The molecule has 1 aromatic heterocycles. The van der Waals surface area contributed by atoms with E-state index in [4.69, 9.17) is 4.74 Å². The lowest BCUT2D eigenvalue weighted by atomic mass is 9.93. The van der Waals surface area contributed by atoms with Crippen molar-refractivity contribution in [3.8, 4) is 5.75 Å². The standard InChI is InChI=1S/C20H29N5O.HI/c1-16-8-11-24(14-18(16)25-12-9-22-15-25)20(21-3)23-10-13-26-19-7-5-4-6-17(19)2;/h4-7,9,12,15-16,18H,8,10-11,13-14H2,1-3H3,(H,21,23);1H. The lowest BCUT2D eigenvalue weighted by Crippen LogP contribution is -2.49. The molecule has 0 radical (unpaired) electrons. The molecule has 1 N–H and O–H groups in total. The topological polar surface area (TPSA) is 54.7 Å². The normalized spacial score (nSPS) is 20.1. The van der Waals surface area contributed by atoms with Crippen LogP contribution >= 0.6 is 24.0 Å². The van der Waals surface area contributed by atoms with Crippen molar-refractivity contribution in [3.63, 3.8) is 0 Å². The summed E-state index contributed by atoms with van der Waals surface area (Å²) in [5.74, 6) is 2.51. The van der Waals surface area contributed by atoms with E-state index in [-0.39, 0.29) is 24.0 Å². The summed E-state index contributed by atoms with van der Waals surface area (Å²) in [4.78, 5) is 11.0. The van der Waals surface area contributed by atoms with Gasteiger partial charge in [-0.15, -0.1) is 24.0 Å². The van der Waals surface area contributed by atoms with Gasteiger partial charge in [0.15, 0.2) is 5.96 Å². The summed E-state index contributed by atoms with van der Waals surface area (Å²) in [6, 6.07) is 8.52. The van der Waals surface area contributed by atoms with Crippen molar-refractivity contribution < 1.29 is 4.74 Å². The first-order valence-corrected chi connectivity index (χ1v) is 9.30. The number of ether oxygens (including phenoxy) is 1. The molecule has 3 rings (SSSR count). The van der Waals surface area contributed by atoms with Crippen molar-refractivity contribution in [1.29, 1.82) is 0 Å². The molecular weight excluding hydrogens is 453 g/mol. The first kappa shape index (κ1) is 21.5. The van der Waals surface area contributed by atoms with Gasteiger partial charge < -0.3 is 19.5 Å². The van der Waals surface area contributed by atoms with Gasteiger partial charge in [-0.2, -0.15) is 0 Å². The van der Waals surface area contributed by atoms with Crippen molar-refractivity contribution in [1.82, 2.24) is 19.8 Å². The molecule has 2 unspecified atom stereocenters. The largest absolute Gasteiger partial charge is 0.491 e. The maximum atomic E-state index is 5.87. The van der Waals surface area contributed by atoms with E-state index in [1.54, 1.807) is 0 Å². The smallest absolute Gasteiger partial charge is 0.193 e. The van der Waals surface area contributed by atoms with Gasteiger partial charge in [0.1, 0.15) is 12.4 Å². The zero-order valence-corrected chi connectivity index (χ0v) is 18.7. The first-order chi connectivity index (χ1) is 12.7. The Bertz CT molecular complexity index is 719. The number of rotatable bonds is 5. The van der Waals surface area contributed by atoms with Gasteiger partial charge in [-0.25, -0.2) is 4.98 Å². The predicted octanol–water partition coefficient (Wildman–Crippen LogP) is 3.35. The maximum absolute atomic E-state index is 5.87. The number of guanidine groups is 1. The summed E-state index contributed by atoms with van der Waals surface area (Å²) in [5, 5.41) is 3.44. The van der Waals surface area contributed by atoms with E-state index in [2.05, 4.69) is 50.9 Å². The summed E-state index contributed by atoms with van der Waals surface area (Å²) >= 11 is 0. The van der Waals surface area contributed by atoms with E-state index in [0.29, 0.717) is 18.6 Å². The van der Waals surface area contributed by atoms with Crippen molar-refractivity contribution in [2.75, 3.05) is 33.3 Å². The predicted molar refractivity (Wildman–Crippen MR) is 120 cm³/mol. The molecule has 0 bridgehead atoms. The van der Waals surface area contributed by atoms with E-state index >= 15 is 0 Å². The third kappa shape index (κ3) is 5.60. The maximum Gasteiger partial charge on any atom is 0.193 e. The Morgan fingerprint density at radius 2 is 2.19 bits per heavy atom. The molecule has 0 spiro atoms. The number of imidazole rings is 1. The highest BCUT2D eigenvalue weighted by Crippen LogP contribution is 2.27. The number of hydrogen-bond acceptors (Lipinski definition) is 3. The quantitative estimate of drug-likeness (QED) is 0.307. The molecule has 0 saturated carbocycles. The molecule has 0 amide bonds. The molecular formula is C20H30IN5O. The number of likely N-dealkylation sites (tertiary alicyclic amines) is 1. The Morgan fingerprint density at radius 3 is 2.89 bits per heavy atom. The molecule has 1 fully saturated rings. The number of piperidine rings is 1. The second-order valence-corrected chi connectivity index (χ2v) is 6.88. The van der Waals surface area contributed by atoms with Crippen LogP contribution in [0, 0.1) is 12.8 Å². The lowest BCUT2D eigenvalue weighted by molar-refractivity contribution is 0.188. The number of aryl methyl sites for hydroxylation is 1. The van der Waals surface area contributed by atoms with Crippen LogP contribution in [0.2, 0.25) is 0 Å². The number of aliphatic imine (C=N–C) groups is 1. The van der Waals surface area contributed by atoms with Crippen LogP contribution in [0.4, 0.5) is 0 Å². The van der Waals surface area contributed by atoms with Crippen molar-refractivity contribution in [2.24, 2.45) is 10.9 Å². The van der Waals surface area contributed by atoms with Gasteiger partial charge in [-0.1, -0.05) is 25.1 Å². The van der Waals surface area contributed by atoms with Crippen molar-refractivity contribution >= 4 is 29.9 Å². The molecule has 148 valence electrons. The SMILES string of the molecule is CN=C(NCCOc1ccccc1C)N1CCC(C)C(n2ccnc2)C1.I. The molecule has 1 saturated heterocycles. The molecule has 7 heteroatoms. The lowest BCUT2D eigenvalue weighted by Gasteiger charge is -2.39. The van der Waals surface area contributed by atoms with Crippen LogP contribution in [-0.4, -0.2) is 53.7 Å². The van der Waals surface area contributed by atoms with Crippen LogP contribution in [0.1, 0.15) is 24.9 Å². The third-order valence-electron chi connectivity index (χ3n) is 5.07. The molecule has 1 aromatic carbocycles. The van der Waals surface area contributed by atoms with Gasteiger partial charge in [0.2, 0.25) is 0 Å². The molecule has 1 aliphatic rings. The fourth-order valence-electron chi connectivity index (χ4n) is 3.47. The zero-order chi connectivity index (χ0) is 18.4. The summed E-state index contributed by atoms with van der Waals surface area (Å²) < 4.78 is 8.08. The van der Waals surface area contributed by atoms with Crippen LogP contribution in [0.3, 0.4) is 0 Å². The van der Waals surface area contributed by atoms with Gasteiger partial charge in [-0.3, -0.25) is 4.99 Å². The average molecular weight is 483 g/mol. The Morgan fingerprint density at radius 1 is 1.37 bits per heavy atom. The average Bonchev–Trinajstić information content (AvgIpc) is 3.18. The molecule has 2 heterocycles. The second kappa shape index (κ2) is 10.5. The highest BCUT2D eigenvalue weighted by atomic mass is 127. The minimum atomic E-state index is 0. The monoisotopic (exact) mass is 483 g/mol. The van der Waals surface area contributed by atoms with E-state index in [1.165, 1.54) is 0 Å². The number of hydrogen-bond donors (Lipinski definition) is 1. The van der Waals surface area contributed by atoms with Crippen molar-refractivity contribution in [3.05, 3.63) is 48.5 Å². The number of benzene rings is 1. The van der Waals surface area contributed by atoms with Crippen LogP contribution in [0.15, 0.2) is 48.0 Å². The van der Waals surface area contributed by atoms with E-state index < -0.39 is 0 Å². The van der Waals surface area contributed by atoms with Gasteiger partial charge in [-0.05, 0) is 30.9 Å². The Labute approximate surface area is 179 Å². The van der Waals surface area contributed by atoms with E-state index in [9.17, 15) is 0 Å². The van der Waals surface area contributed by atoms with E-state index in [0.717, 1.165) is 43.3 Å². The Kier molecular flexibility index (Phi) is 8.40. The van der Waals surface area contributed by atoms with Gasteiger partial charge in [0, 0.05) is 32.5 Å². The van der Waals surface area contributed by atoms with Crippen LogP contribution in [0.5, 0.6) is 5.75 Å². The molecule has 2 atom stereocenters. The fourth-order valence-corrected chi connectivity index (χ4v) is 3.47. The highest BCUT2D eigenvalue weighted by molar-refractivity contribution is 14.0. The van der Waals surface area contributed by atoms with Gasteiger partial charge >= 0.3 is 0 Å². The first-order valence-electron chi connectivity index (χ1n) is 9.30. The molecule has 2 aromatic rings. The number of aromatic nitrogens is 2. The number of para-hydroxylation sites is 1. The number of halogens is 1. The number of nitrogens with one attached hydrogen (secondary N) is 1. The highest BCUT2D eigenvalue weighted by Gasteiger charge is 2.28. The van der Waals surface area contributed by atoms with E-state index in [1.807, 2.05) is 37.8 Å². The fraction of sp³-hybridized carbons (Fsp3) is 0.500. The minimum absolute atomic E-state index is 0. The van der Waals surface area contributed by atoms with Gasteiger partial charge in [0.25, 0.3) is 0 Å². The van der Waals surface area contributed by atoms with Crippen LogP contribution in [0.25, 0.3) is 0 Å². The minimum Gasteiger partial charge on any atom is -0.491 e. The molecule has 6 nitrogen and oxygen atoms in total. The third-order valence-corrected chi connectivity index (χ3v) is 5.07. The molecule has 0 aliphatic carbocycles. The van der Waals surface area contributed by atoms with Crippen molar-refractivity contribution in [2.45, 2.75) is 26.3 Å². The van der Waals surface area contributed by atoms with Crippen LogP contribution < -0.4 is 10.1 Å². The molecule has 1 aliphatic heterocycles. The summed E-state index contributed by atoms with van der Waals surface area (Å²) in [6.07, 6.45) is 6.96. The summed E-state index contributed by atoms with van der Waals surface area (Å²) in [5.41, 5.74) is 1.16. The second-order valence-electron chi connectivity index (χ2n) is 6.88. The van der Waals surface area contributed by atoms with Gasteiger partial charge in [0.05, 0.1) is 18.9 Å².